The van der Waals surface area contributed by atoms with E-state index in [0.29, 0.717) is 12.3 Å². The number of hydrogen-bond acceptors (Lipinski definition) is 4. The Kier molecular flexibility index (Phi) is 6.64. The van der Waals surface area contributed by atoms with Crippen LogP contribution in [0, 0.1) is 0 Å². The van der Waals surface area contributed by atoms with Gasteiger partial charge in [0.1, 0.15) is 6.04 Å². The van der Waals surface area contributed by atoms with Crippen molar-refractivity contribution in [1.82, 2.24) is 5.32 Å². The second-order valence-corrected chi connectivity index (χ2v) is 5.15. The van der Waals surface area contributed by atoms with Gasteiger partial charge >= 0.3 is 5.97 Å². The first kappa shape index (κ1) is 14.1. The first-order valence-electron chi connectivity index (χ1n) is 4.72. The van der Waals surface area contributed by atoms with E-state index in [1.807, 2.05) is 6.92 Å². The molecular formula is C9H19NO2S2. The lowest BCUT2D eigenvalue weighted by Crippen LogP contribution is -2.44. The fourth-order valence-electron chi connectivity index (χ4n) is 1.20. The van der Waals surface area contributed by atoms with Gasteiger partial charge in [0, 0.05) is 17.0 Å². The SMILES string of the molecule is CCCC(C)(S)CNC(CS)C(=O)O. The summed E-state index contributed by atoms with van der Waals surface area (Å²) in [5, 5.41) is 11.7. The summed E-state index contributed by atoms with van der Waals surface area (Å²) in [5.41, 5.74) is 0. The molecule has 5 heteroatoms. The van der Waals surface area contributed by atoms with Gasteiger partial charge in [-0.25, -0.2) is 0 Å². The molecule has 2 atom stereocenters. The summed E-state index contributed by atoms with van der Waals surface area (Å²) >= 11 is 8.44. The van der Waals surface area contributed by atoms with Gasteiger partial charge in [0.2, 0.25) is 0 Å². The smallest absolute Gasteiger partial charge is 0.321 e. The van der Waals surface area contributed by atoms with Crippen LogP contribution in [0.3, 0.4) is 0 Å². The predicted octanol–water partition coefficient (Wildman–Crippen LogP) is 1.45. The van der Waals surface area contributed by atoms with Gasteiger partial charge in [-0.15, -0.1) is 0 Å². The van der Waals surface area contributed by atoms with E-state index in [0.717, 1.165) is 12.8 Å². The Hall–Kier alpha value is 0.130. The van der Waals surface area contributed by atoms with Crippen molar-refractivity contribution in [3.05, 3.63) is 0 Å². The van der Waals surface area contributed by atoms with Gasteiger partial charge in [-0.2, -0.15) is 25.3 Å². The fourth-order valence-corrected chi connectivity index (χ4v) is 1.80. The minimum Gasteiger partial charge on any atom is -0.480 e. The molecule has 0 fully saturated rings. The van der Waals surface area contributed by atoms with Crippen LogP contribution in [0.15, 0.2) is 0 Å². The zero-order valence-electron chi connectivity index (χ0n) is 8.66. The van der Waals surface area contributed by atoms with Crippen LogP contribution in [0.1, 0.15) is 26.7 Å². The standard InChI is InChI=1S/C9H19NO2S2/c1-3-4-9(2,14)6-10-7(5-13)8(11)12/h7,10,13-14H,3-6H2,1-2H3,(H,11,12). The summed E-state index contributed by atoms with van der Waals surface area (Å²) in [6.07, 6.45) is 2.00. The van der Waals surface area contributed by atoms with E-state index in [1.165, 1.54) is 0 Å². The quantitative estimate of drug-likeness (QED) is 0.507. The molecular weight excluding hydrogens is 218 g/mol. The number of nitrogens with one attached hydrogen (secondary N) is 1. The zero-order chi connectivity index (χ0) is 11.2. The normalized spacial score (nSPS) is 17.4. The summed E-state index contributed by atoms with van der Waals surface area (Å²) in [6.45, 7) is 4.67. The molecule has 0 aliphatic heterocycles. The van der Waals surface area contributed by atoms with Gasteiger partial charge in [0.15, 0.2) is 0 Å². The van der Waals surface area contributed by atoms with Gasteiger partial charge in [0.05, 0.1) is 0 Å². The van der Waals surface area contributed by atoms with Crippen molar-refractivity contribution in [2.75, 3.05) is 12.3 Å². The van der Waals surface area contributed by atoms with E-state index in [9.17, 15) is 4.79 Å². The van der Waals surface area contributed by atoms with Crippen LogP contribution in [0.5, 0.6) is 0 Å². The molecule has 0 amide bonds. The van der Waals surface area contributed by atoms with Crippen molar-refractivity contribution in [2.24, 2.45) is 0 Å². The summed E-state index contributed by atoms with van der Waals surface area (Å²) in [5.74, 6) is -0.564. The first-order chi connectivity index (χ1) is 6.43. The number of aliphatic carboxylic acids is 1. The summed E-state index contributed by atoms with van der Waals surface area (Å²) in [7, 11) is 0. The molecule has 0 aromatic rings. The maximum Gasteiger partial charge on any atom is 0.321 e. The minimum atomic E-state index is -0.861. The van der Waals surface area contributed by atoms with Crippen molar-refractivity contribution in [2.45, 2.75) is 37.5 Å². The van der Waals surface area contributed by atoms with E-state index < -0.39 is 12.0 Å². The molecule has 0 spiro atoms. The Morgan fingerprint density at radius 1 is 1.64 bits per heavy atom. The van der Waals surface area contributed by atoms with Crippen LogP contribution in [-0.4, -0.2) is 34.2 Å². The lowest BCUT2D eigenvalue weighted by molar-refractivity contribution is -0.138. The average molecular weight is 237 g/mol. The number of carbonyl (C=O) groups is 1. The van der Waals surface area contributed by atoms with Gasteiger partial charge in [-0.1, -0.05) is 13.3 Å². The van der Waals surface area contributed by atoms with Crippen LogP contribution >= 0.6 is 25.3 Å². The van der Waals surface area contributed by atoms with Crippen molar-refractivity contribution in [1.29, 1.82) is 0 Å². The van der Waals surface area contributed by atoms with E-state index in [1.54, 1.807) is 0 Å². The number of thiol groups is 2. The van der Waals surface area contributed by atoms with Crippen LogP contribution in [-0.2, 0) is 4.79 Å². The number of carboxylic acids is 1. The van der Waals surface area contributed by atoms with Gasteiger partial charge in [0.25, 0.3) is 0 Å². The number of hydrogen-bond donors (Lipinski definition) is 4. The monoisotopic (exact) mass is 237 g/mol. The molecule has 0 aromatic carbocycles. The molecule has 0 bridgehead atoms. The van der Waals surface area contributed by atoms with E-state index in [-0.39, 0.29) is 4.75 Å². The highest BCUT2D eigenvalue weighted by Gasteiger charge is 2.22. The predicted molar refractivity (Wildman–Crippen MR) is 65.6 cm³/mol. The molecule has 0 saturated heterocycles. The van der Waals surface area contributed by atoms with E-state index in [4.69, 9.17) is 5.11 Å². The summed E-state index contributed by atoms with van der Waals surface area (Å²) in [4.78, 5) is 10.7. The Bertz CT molecular complexity index is 186. The molecule has 0 aliphatic carbocycles. The van der Waals surface area contributed by atoms with Crippen LogP contribution in [0.25, 0.3) is 0 Å². The highest BCUT2D eigenvalue weighted by Crippen LogP contribution is 2.19. The summed E-state index contributed by atoms with van der Waals surface area (Å²) < 4.78 is -0.147. The van der Waals surface area contributed by atoms with Crippen LogP contribution in [0.4, 0.5) is 0 Å². The van der Waals surface area contributed by atoms with Gasteiger partial charge in [-0.3, -0.25) is 4.79 Å². The Labute approximate surface area is 96.5 Å². The van der Waals surface area contributed by atoms with Crippen molar-refractivity contribution < 1.29 is 9.90 Å². The second-order valence-electron chi connectivity index (χ2n) is 3.70. The van der Waals surface area contributed by atoms with Crippen molar-refractivity contribution in [3.8, 4) is 0 Å². The molecule has 0 rings (SSSR count). The van der Waals surface area contributed by atoms with Crippen LogP contribution in [0.2, 0.25) is 0 Å². The lowest BCUT2D eigenvalue weighted by Gasteiger charge is -2.25. The molecule has 0 radical (unpaired) electrons. The zero-order valence-corrected chi connectivity index (χ0v) is 10.4. The molecule has 14 heavy (non-hydrogen) atoms. The van der Waals surface area contributed by atoms with Gasteiger partial charge < -0.3 is 10.4 Å². The molecule has 0 heterocycles. The molecule has 2 unspecified atom stereocenters. The van der Waals surface area contributed by atoms with E-state index in [2.05, 4.69) is 37.5 Å². The second kappa shape index (κ2) is 6.58. The molecule has 3 nitrogen and oxygen atoms in total. The third-order valence-corrected chi connectivity index (χ3v) is 2.75. The molecule has 84 valence electrons. The highest BCUT2D eigenvalue weighted by molar-refractivity contribution is 7.81. The van der Waals surface area contributed by atoms with Crippen molar-refractivity contribution >= 4 is 31.2 Å². The third kappa shape index (κ3) is 5.78. The Morgan fingerprint density at radius 2 is 2.21 bits per heavy atom. The first-order valence-corrected chi connectivity index (χ1v) is 5.80. The van der Waals surface area contributed by atoms with Gasteiger partial charge in [-0.05, 0) is 13.3 Å². The fraction of sp³-hybridized carbons (Fsp3) is 0.889. The average Bonchev–Trinajstić information content (AvgIpc) is 2.04. The maximum absolute atomic E-state index is 10.7. The maximum atomic E-state index is 10.7. The largest absolute Gasteiger partial charge is 0.480 e. The lowest BCUT2D eigenvalue weighted by atomic mass is 10.0. The molecule has 0 aromatic heterocycles. The number of rotatable bonds is 7. The van der Waals surface area contributed by atoms with Crippen LogP contribution < -0.4 is 5.32 Å². The topological polar surface area (TPSA) is 49.3 Å². The highest BCUT2D eigenvalue weighted by atomic mass is 32.1. The number of carboxylic acid groups (broad SMARTS) is 1. The Morgan fingerprint density at radius 3 is 2.57 bits per heavy atom. The van der Waals surface area contributed by atoms with E-state index >= 15 is 0 Å². The molecule has 0 aliphatic rings. The summed E-state index contributed by atoms with van der Waals surface area (Å²) in [6, 6.07) is -0.582. The van der Waals surface area contributed by atoms with Crippen molar-refractivity contribution in [3.63, 3.8) is 0 Å². The Balaban J connectivity index is 3.95. The molecule has 0 saturated carbocycles. The molecule has 2 N–H and O–H groups in total. The minimum absolute atomic E-state index is 0.147. The third-order valence-electron chi connectivity index (χ3n) is 2.00.